The van der Waals surface area contributed by atoms with Crippen LogP contribution in [-0.4, -0.2) is 60.0 Å². The van der Waals surface area contributed by atoms with Crippen LogP contribution in [0.2, 0.25) is 0 Å². The number of rotatable bonds is 5. The molecule has 1 fully saturated rings. The van der Waals surface area contributed by atoms with Gasteiger partial charge in [0.2, 0.25) is 11.8 Å². The quantitative estimate of drug-likeness (QED) is 0.384. The Balaban J connectivity index is 1.82. The Morgan fingerprint density at radius 2 is 1.71 bits per heavy atom. The fourth-order valence-corrected chi connectivity index (χ4v) is 2.96. The minimum absolute atomic E-state index is 0.392. The summed E-state index contributed by atoms with van der Waals surface area (Å²) in [6, 6.07) is -2.69. The summed E-state index contributed by atoms with van der Waals surface area (Å²) >= 11 is 0. The maximum absolute atomic E-state index is 12.4. The largest absolute Gasteiger partial charge is 0.454 e. The number of alkyl halides is 3. The van der Waals surface area contributed by atoms with E-state index in [1.807, 2.05) is 0 Å². The molecule has 2 N–H and O–H groups in total. The Labute approximate surface area is 157 Å². The molecular weight excluding hydrogens is 387 g/mol. The highest BCUT2D eigenvalue weighted by Gasteiger charge is 2.50. The molecule has 1 aliphatic heterocycles. The first-order chi connectivity index (χ1) is 13.0. The molecule has 0 bridgehead atoms. The number of esters is 1. The van der Waals surface area contributed by atoms with E-state index in [2.05, 4.69) is 4.74 Å². The van der Waals surface area contributed by atoms with Gasteiger partial charge >= 0.3 is 18.2 Å². The van der Waals surface area contributed by atoms with Crippen molar-refractivity contribution < 1.29 is 41.9 Å². The van der Waals surface area contributed by atoms with Gasteiger partial charge in [-0.25, -0.2) is 9.59 Å². The number of nitrogens with one attached hydrogen (secondary N) is 2. The molecule has 2 aliphatic rings. The van der Waals surface area contributed by atoms with Crippen LogP contribution in [0.5, 0.6) is 0 Å². The molecule has 0 spiro atoms. The number of carbonyl (C=O) groups excluding carboxylic acids is 5. The van der Waals surface area contributed by atoms with Crippen LogP contribution in [0, 0.1) is 11.8 Å². The van der Waals surface area contributed by atoms with E-state index in [4.69, 9.17) is 0 Å². The zero-order valence-corrected chi connectivity index (χ0v) is 14.7. The van der Waals surface area contributed by atoms with Gasteiger partial charge in [0.1, 0.15) is 12.6 Å². The van der Waals surface area contributed by atoms with Crippen molar-refractivity contribution in [2.24, 2.45) is 11.8 Å². The normalized spacial score (nSPS) is 22.5. The number of hydrogen-bond acceptors (Lipinski definition) is 6. The number of amides is 5. The van der Waals surface area contributed by atoms with E-state index in [9.17, 15) is 37.1 Å². The van der Waals surface area contributed by atoms with Crippen LogP contribution in [0.4, 0.5) is 18.0 Å². The van der Waals surface area contributed by atoms with Crippen LogP contribution in [0.3, 0.4) is 0 Å². The Bertz CT molecular complexity index is 695. The number of likely N-dealkylation sites (tertiary alicyclic amines) is 1. The number of ether oxygens (including phenoxy) is 1. The highest BCUT2D eigenvalue weighted by Crippen LogP contribution is 2.36. The average Bonchev–Trinajstić information content (AvgIpc) is 2.88. The van der Waals surface area contributed by atoms with Crippen LogP contribution >= 0.6 is 0 Å². The van der Waals surface area contributed by atoms with Gasteiger partial charge in [-0.1, -0.05) is 12.2 Å². The fraction of sp³-hybridized carbons (Fsp3) is 0.562. The lowest BCUT2D eigenvalue weighted by molar-refractivity contribution is -0.159. The molecule has 1 saturated heterocycles. The topological polar surface area (TPSA) is 122 Å². The second-order valence-corrected chi connectivity index (χ2v) is 6.33. The Kier molecular flexibility index (Phi) is 6.41. The van der Waals surface area contributed by atoms with Gasteiger partial charge in [-0.2, -0.15) is 13.2 Å². The summed E-state index contributed by atoms with van der Waals surface area (Å²) < 4.78 is 40.5. The molecule has 1 aliphatic carbocycles. The minimum Gasteiger partial charge on any atom is -0.454 e. The predicted octanol–water partition coefficient (Wildman–Crippen LogP) is 0.257. The third kappa shape index (κ3) is 5.08. The molecule has 28 heavy (non-hydrogen) atoms. The Morgan fingerprint density at radius 1 is 1.18 bits per heavy atom. The molecule has 3 atom stereocenters. The zero-order valence-electron chi connectivity index (χ0n) is 14.7. The minimum atomic E-state index is -4.65. The van der Waals surface area contributed by atoms with E-state index in [-0.39, 0.29) is 0 Å². The van der Waals surface area contributed by atoms with Gasteiger partial charge in [0.05, 0.1) is 11.8 Å². The van der Waals surface area contributed by atoms with E-state index < -0.39 is 66.9 Å². The molecule has 154 valence electrons. The molecule has 0 aromatic carbocycles. The molecule has 12 heteroatoms. The molecule has 2 rings (SSSR count). The predicted molar refractivity (Wildman–Crippen MR) is 85.2 cm³/mol. The Morgan fingerprint density at radius 3 is 2.21 bits per heavy atom. The van der Waals surface area contributed by atoms with Gasteiger partial charge in [-0.05, 0) is 19.8 Å². The van der Waals surface area contributed by atoms with Gasteiger partial charge in [0, 0.05) is 0 Å². The molecule has 0 radical (unpaired) electrons. The lowest BCUT2D eigenvalue weighted by Crippen LogP contribution is -2.47. The maximum atomic E-state index is 12.4. The first kappa shape index (κ1) is 21.4. The van der Waals surface area contributed by atoms with E-state index in [0.29, 0.717) is 12.8 Å². The van der Waals surface area contributed by atoms with Gasteiger partial charge in [0.25, 0.3) is 5.91 Å². The van der Waals surface area contributed by atoms with Crippen LogP contribution in [0.25, 0.3) is 0 Å². The molecule has 5 amide bonds. The van der Waals surface area contributed by atoms with E-state index in [1.165, 1.54) is 12.2 Å². The number of nitrogens with zero attached hydrogens (tertiary/aromatic N) is 1. The van der Waals surface area contributed by atoms with Crippen molar-refractivity contribution in [3.05, 3.63) is 12.2 Å². The third-order valence-electron chi connectivity index (χ3n) is 4.32. The van der Waals surface area contributed by atoms with Crippen LogP contribution in [0.1, 0.15) is 19.8 Å². The summed E-state index contributed by atoms with van der Waals surface area (Å²) in [4.78, 5) is 60.2. The SMILES string of the molecule is C[C@@H](C(=O)OCC(=O)NC(=O)NCC(F)(F)F)N1C(=O)[C@H]2CC=CC[C@H]2C1=O. The van der Waals surface area contributed by atoms with Crippen LogP contribution < -0.4 is 10.6 Å². The van der Waals surface area contributed by atoms with Crippen LogP contribution in [0.15, 0.2) is 12.2 Å². The number of hydrogen-bond donors (Lipinski definition) is 2. The molecule has 9 nitrogen and oxygen atoms in total. The summed E-state index contributed by atoms with van der Waals surface area (Å²) in [5.74, 6) is -4.29. The van der Waals surface area contributed by atoms with Crippen molar-refractivity contribution in [2.75, 3.05) is 13.2 Å². The summed E-state index contributed by atoms with van der Waals surface area (Å²) in [7, 11) is 0. The third-order valence-corrected chi connectivity index (χ3v) is 4.32. The van der Waals surface area contributed by atoms with E-state index >= 15 is 0 Å². The Hall–Kier alpha value is -2.92. The fourth-order valence-electron chi connectivity index (χ4n) is 2.96. The zero-order chi connectivity index (χ0) is 21.1. The lowest BCUT2D eigenvalue weighted by atomic mass is 9.85. The molecule has 0 aromatic rings. The number of urea groups is 1. The monoisotopic (exact) mass is 405 g/mol. The molecular formula is C16H18F3N3O6. The maximum Gasteiger partial charge on any atom is 0.405 e. The second kappa shape index (κ2) is 8.40. The number of halogens is 3. The summed E-state index contributed by atoms with van der Waals surface area (Å²) in [5.41, 5.74) is 0. The second-order valence-electron chi connectivity index (χ2n) is 6.33. The number of imide groups is 2. The van der Waals surface area contributed by atoms with Crippen molar-refractivity contribution in [1.82, 2.24) is 15.5 Å². The van der Waals surface area contributed by atoms with Crippen molar-refractivity contribution in [2.45, 2.75) is 32.0 Å². The highest BCUT2D eigenvalue weighted by atomic mass is 19.4. The van der Waals surface area contributed by atoms with Crippen molar-refractivity contribution in [3.8, 4) is 0 Å². The van der Waals surface area contributed by atoms with Gasteiger partial charge in [0.15, 0.2) is 6.61 Å². The molecule has 0 saturated carbocycles. The van der Waals surface area contributed by atoms with E-state index in [0.717, 1.165) is 4.90 Å². The van der Waals surface area contributed by atoms with Gasteiger partial charge < -0.3 is 10.1 Å². The lowest BCUT2D eigenvalue weighted by Gasteiger charge is -2.21. The van der Waals surface area contributed by atoms with E-state index in [1.54, 1.807) is 17.5 Å². The first-order valence-electron chi connectivity index (χ1n) is 8.34. The summed E-state index contributed by atoms with van der Waals surface area (Å²) in [6.45, 7) is -1.34. The van der Waals surface area contributed by atoms with Gasteiger partial charge in [-0.15, -0.1) is 0 Å². The number of allylic oxidation sites excluding steroid dienone is 2. The highest BCUT2D eigenvalue weighted by molar-refractivity contribution is 6.08. The molecule has 0 aromatic heterocycles. The summed E-state index contributed by atoms with van der Waals surface area (Å²) in [6.07, 6.45) is -0.296. The number of carbonyl (C=O) groups is 5. The van der Waals surface area contributed by atoms with Crippen molar-refractivity contribution in [1.29, 1.82) is 0 Å². The summed E-state index contributed by atoms with van der Waals surface area (Å²) in [5, 5.41) is 2.96. The first-order valence-corrected chi connectivity index (χ1v) is 8.34. The number of fused-ring (bicyclic) bond motifs is 1. The standard InChI is InChI=1S/C16H18F3N3O6/c1-8(22-12(24)9-4-2-3-5-10(9)13(22)25)14(26)28-6-11(23)21-15(27)20-7-16(17,18)19/h2-3,8-10H,4-7H2,1H3,(H2,20,21,23,27)/t8-,9-,10+/m0/s1. The molecule has 1 heterocycles. The van der Waals surface area contributed by atoms with Crippen molar-refractivity contribution >= 4 is 29.7 Å². The van der Waals surface area contributed by atoms with Gasteiger partial charge in [-0.3, -0.25) is 24.6 Å². The molecule has 0 unspecified atom stereocenters. The van der Waals surface area contributed by atoms with Crippen LogP contribution in [-0.2, 0) is 23.9 Å². The average molecular weight is 405 g/mol. The smallest absolute Gasteiger partial charge is 0.405 e. The van der Waals surface area contributed by atoms with Crippen molar-refractivity contribution in [3.63, 3.8) is 0 Å².